The number of terminal acetylenes is 1. The van der Waals surface area contributed by atoms with E-state index in [1.165, 1.54) is 0 Å². The molecule has 100 valence electrons. The van der Waals surface area contributed by atoms with Crippen LogP contribution in [0, 0.1) is 35.5 Å². The molecule has 0 heterocycles. The Kier molecular flexibility index (Phi) is 4.39. The first kappa shape index (κ1) is 14.6. The van der Waals surface area contributed by atoms with Crippen LogP contribution in [-0.2, 0) is 9.59 Å². The summed E-state index contributed by atoms with van der Waals surface area (Å²) in [7, 11) is 0. The Morgan fingerprint density at radius 2 is 1.89 bits per heavy atom. The summed E-state index contributed by atoms with van der Waals surface area (Å²) in [5.74, 6) is -0.0613. The average Bonchev–Trinajstić information content (AvgIpc) is 2.28. The van der Waals surface area contributed by atoms with Gasteiger partial charge < -0.3 is 10.2 Å². The number of rotatable bonds is 4. The van der Waals surface area contributed by atoms with Gasteiger partial charge in [-0.05, 0) is 45.4 Å². The maximum atomic E-state index is 11.2. The summed E-state index contributed by atoms with van der Waals surface area (Å²) in [6.07, 6.45) is 7.27. The molecule has 0 saturated heterocycles. The van der Waals surface area contributed by atoms with Crippen molar-refractivity contribution in [3.8, 4) is 12.3 Å². The molecule has 0 aromatic carbocycles. The van der Waals surface area contributed by atoms with E-state index in [4.69, 9.17) is 11.5 Å². The third kappa shape index (κ3) is 3.49. The minimum Gasteiger partial charge on any atom is -0.481 e. The van der Waals surface area contributed by atoms with Gasteiger partial charge in [0.1, 0.15) is 0 Å². The van der Waals surface area contributed by atoms with Crippen molar-refractivity contribution < 1.29 is 19.8 Å². The van der Waals surface area contributed by atoms with Gasteiger partial charge in [-0.25, -0.2) is 0 Å². The lowest BCUT2D eigenvalue weighted by atomic mass is 9.68. The maximum Gasteiger partial charge on any atom is 0.306 e. The summed E-state index contributed by atoms with van der Waals surface area (Å²) in [6, 6.07) is 0. The van der Waals surface area contributed by atoms with E-state index in [9.17, 15) is 14.7 Å². The van der Waals surface area contributed by atoms with E-state index in [0.717, 1.165) is 0 Å². The average molecular weight is 252 g/mol. The van der Waals surface area contributed by atoms with Gasteiger partial charge in [-0.2, -0.15) is 0 Å². The van der Waals surface area contributed by atoms with Crippen molar-refractivity contribution in [3.05, 3.63) is 0 Å². The first-order valence-corrected chi connectivity index (χ1v) is 6.20. The summed E-state index contributed by atoms with van der Waals surface area (Å²) in [5.41, 5.74) is -0.390. The predicted octanol–water partition coefficient (Wildman–Crippen LogP) is 2.24. The third-order valence-electron chi connectivity index (χ3n) is 3.81. The molecular formula is C14H20O4. The normalized spacial score (nSPS) is 28.4. The van der Waals surface area contributed by atoms with Gasteiger partial charge >= 0.3 is 11.9 Å². The molecular weight excluding hydrogens is 232 g/mol. The van der Waals surface area contributed by atoms with E-state index in [1.54, 1.807) is 0 Å². The molecule has 2 N–H and O–H groups in total. The summed E-state index contributed by atoms with van der Waals surface area (Å²) >= 11 is 0. The van der Waals surface area contributed by atoms with Gasteiger partial charge in [-0.3, -0.25) is 9.59 Å². The summed E-state index contributed by atoms with van der Waals surface area (Å²) in [6.45, 7) is 3.77. The smallest absolute Gasteiger partial charge is 0.306 e. The highest BCUT2D eigenvalue weighted by Crippen LogP contribution is 2.40. The Labute approximate surface area is 107 Å². The number of carboxylic acid groups (broad SMARTS) is 2. The highest BCUT2D eigenvalue weighted by molar-refractivity contribution is 5.73. The molecule has 1 aliphatic carbocycles. The molecule has 1 rings (SSSR count). The Morgan fingerprint density at radius 3 is 2.33 bits per heavy atom. The lowest BCUT2D eigenvalue weighted by Crippen LogP contribution is -2.35. The first-order valence-electron chi connectivity index (χ1n) is 6.20. The van der Waals surface area contributed by atoms with Crippen LogP contribution in [0.5, 0.6) is 0 Å². The largest absolute Gasteiger partial charge is 0.481 e. The van der Waals surface area contributed by atoms with Gasteiger partial charge in [0.05, 0.1) is 11.8 Å². The monoisotopic (exact) mass is 252 g/mol. The number of carbonyl (C=O) groups is 2. The number of hydrogen-bond acceptors (Lipinski definition) is 2. The fourth-order valence-electron chi connectivity index (χ4n) is 2.75. The molecule has 0 radical (unpaired) electrons. The highest BCUT2D eigenvalue weighted by atomic mass is 16.4. The molecule has 1 aliphatic rings. The Hall–Kier alpha value is -1.50. The van der Waals surface area contributed by atoms with E-state index < -0.39 is 29.2 Å². The highest BCUT2D eigenvalue weighted by Gasteiger charge is 2.39. The zero-order chi connectivity index (χ0) is 13.9. The molecule has 4 nitrogen and oxygen atoms in total. The molecule has 0 aliphatic heterocycles. The van der Waals surface area contributed by atoms with Crippen molar-refractivity contribution in [2.45, 2.75) is 39.5 Å². The van der Waals surface area contributed by atoms with Crippen molar-refractivity contribution in [1.82, 2.24) is 0 Å². The minimum absolute atomic E-state index is 0.150. The lowest BCUT2D eigenvalue weighted by Gasteiger charge is -2.35. The molecule has 1 fully saturated rings. The summed E-state index contributed by atoms with van der Waals surface area (Å²) in [4.78, 5) is 22.2. The first-order chi connectivity index (χ1) is 8.26. The molecule has 0 amide bonds. The number of aliphatic carboxylic acids is 2. The SMILES string of the molecule is C#CC(C)(C)CC1C[C@H](C(=O)O)CC[C@H]1C(=O)O. The van der Waals surface area contributed by atoms with Crippen LogP contribution in [0.25, 0.3) is 0 Å². The molecule has 0 aromatic heterocycles. The second kappa shape index (κ2) is 5.43. The zero-order valence-electron chi connectivity index (χ0n) is 10.8. The fourth-order valence-corrected chi connectivity index (χ4v) is 2.75. The van der Waals surface area contributed by atoms with E-state index >= 15 is 0 Å². The molecule has 1 saturated carbocycles. The topological polar surface area (TPSA) is 74.6 Å². The Bertz CT molecular complexity index is 378. The van der Waals surface area contributed by atoms with E-state index in [0.29, 0.717) is 25.7 Å². The van der Waals surface area contributed by atoms with Crippen LogP contribution < -0.4 is 0 Å². The van der Waals surface area contributed by atoms with Crippen LogP contribution in [0.2, 0.25) is 0 Å². The molecule has 0 bridgehead atoms. The van der Waals surface area contributed by atoms with Crippen LogP contribution in [-0.4, -0.2) is 22.2 Å². The minimum atomic E-state index is -0.836. The number of carboxylic acids is 2. The second-order valence-corrected chi connectivity index (χ2v) is 5.79. The lowest BCUT2D eigenvalue weighted by molar-refractivity contribution is -0.151. The molecule has 0 spiro atoms. The predicted molar refractivity (Wildman–Crippen MR) is 66.8 cm³/mol. The van der Waals surface area contributed by atoms with Gasteiger partial charge in [0.15, 0.2) is 0 Å². The van der Waals surface area contributed by atoms with E-state index in [2.05, 4.69) is 5.92 Å². The quantitative estimate of drug-likeness (QED) is 0.752. The van der Waals surface area contributed by atoms with Crippen molar-refractivity contribution in [1.29, 1.82) is 0 Å². The third-order valence-corrected chi connectivity index (χ3v) is 3.81. The second-order valence-electron chi connectivity index (χ2n) is 5.79. The fraction of sp³-hybridized carbons (Fsp3) is 0.714. The molecule has 1 unspecified atom stereocenters. The molecule has 18 heavy (non-hydrogen) atoms. The molecule has 4 heteroatoms. The van der Waals surface area contributed by atoms with Crippen LogP contribution in [0.1, 0.15) is 39.5 Å². The van der Waals surface area contributed by atoms with E-state index in [1.807, 2.05) is 13.8 Å². The summed E-state index contributed by atoms with van der Waals surface area (Å²) in [5, 5.41) is 18.3. The maximum absolute atomic E-state index is 11.2. The van der Waals surface area contributed by atoms with Crippen molar-refractivity contribution >= 4 is 11.9 Å². The van der Waals surface area contributed by atoms with Gasteiger partial charge in [0.25, 0.3) is 0 Å². The van der Waals surface area contributed by atoms with Gasteiger partial charge in [-0.1, -0.05) is 0 Å². The van der Waals surface area contributed by atoms with Crippen molar-refractivity contribution in [2.24, 2.45) is 23.2 Å². The Morgan fingerprint density at radius 1 is 1.28 bits per heavy atom. The van der Waals surface area contributed by atoms with Gasteiger partial charge in [0, 0.05) is 5.41 Å². The van der Waals surface area contributed by atoms with Crippen LogP contribution in [0.4, 0.5) is 0 Å². The van der Waals surface area contributed by atoms with Crippen molar-refractivity contribution in [3.63, 3.8) is 0 Å². The van der Waals surface area contributed by atoms with Gasteiger partial charge in [-0.15, -0.1) is 12.3 Å². The van der Waals surface area contributed by atoms with Crippen LogP contribution in [0.3, 0.4) is 0 Å². The van der Waals surface area contributed by atoms with Gasteiger partial charge in [0.2, 0.25) is 0 Å². The van der Waals surface area contributed by atoms with Crippen molar-refractivity contribution in [2.75, 3.05) is 0 Å². The Balaban J connectivity index is 2.82. The van der Waals surface area contributed by atoms with E-state index in [-0.39, 0.29) is 5.92 Å². The number of hydrogen-bond donors (Lipinski definition) is 2. The zero-order valence-corrected chi connectivity index (χ0v) is 10.8. The summed E-state index contributed by atoms with van der Waals surface area (Å²) < 4.78 is 0. The van der Waals surface area contributed by atoms with Crippen LogP contribution >= 0.6 is 0 Å². The molecule has 3 atom stereocenters. The standard InChI is InChI=1S/C14H20O4/c1-4-14(2,3)8-10-7-9(12(15)16)5-6-11(10)13(17)18/h1,9-11H,5-8H2,2-3H3,(H,15,16)(H,17,18)/t9-,10?,11-/m1/s1. The van der Waals surface area contributed by atoms with Crippen LogP contribution in [0.15, 0.2) is 0 Å². The molecule has 0 aromatic rings.